The number of nitrogens with one attached hydrogen (secondary N) is 1. The number of unbranched alkanes of at least 4 members (excludes halogenated alkanes) is 1. The number of aliphatic hydroxyl groups is 1. The van der Waals surface area contributed by atoms with E-state index in [1.807, 2.05) is 6.92 Å². The molecule has 0 fully saturated rings. The summed E-state index contributed by atoms with van der Waals surface area (Å²) in [5, 5.41) is 12.5. The molecule has 74 valence electrons. The zero-order chi connectivity index (χ0) is 9.45. The molecule has 2 N–H and O–H groups in total. The Morgan fingerprint density at radius 3 is 2.58 bits per heavy atom. The fourth-order valence-corrected chi connectivity index (χ4v) is 0.949. The number of rotatable bonds is 7. The highest BCUT2D eigenvalue weighted by molar-refractivity contribution is 4.66. The van der Waals surface area contributed by atoms with Crippen LogP contribution in [0.15, 0.2) is 0 Å². The van der Waals surface area contributed by atoms with Crippen molar-refractivity contribution >= 4 is 0 Å². The zero-order valence-electron chi connectivity index (χ0n) is 8.39. The van der Waals surface area contributed by atoms with Gasteiger partial charge in [-0.1, -0.05) is 20.3 Å². The predicted octanol–water partition coefficient (Wildman–Crippen LogP) is 1.12. The topological polar surface area (TPSA) is 41.5 Å². The van der Waals surface area contributed by atoms with Gasteiger partial charge in [0.1, 0.15) is 5.72 Å². The van der Waals surface area contributed by atoms with Crippen molar-refractivity contribution in [3.05, 3.63) is 0 Å². The van der Waals surface area contributed by atoms with Gasteiger partial charge in [-0.25, -0.2) is 0 Å². The van der Waals surface area contributed by atoms with Crippen LogP contribution in [0, 0.1) is 0 Å². The molecule has 1 unspecified atom stereocenters. The maximum atomic E-state index is 9.58. The van der Waals surface area contributed by atoms with Gasteiger partial charge in [0.15, 0.2) is 0 Å². The smallest absolute Gasteiger partial charge is 0.136 e. The van der Waals surface area contributed by atoms with Gasteiger partial charge in [-0.3, -0.25) is 5.32 Å². The highest BCUT2D eigenvalue weighted by atomic mass is 16.5. The molecule has 0 saturated heterocycles. The van der Waals surface area contributed by atoms with Gasteiger partial charge in [0, 0.05) is 6.61 Å². The summed E-state index contributed by atoms with van der Waals surface area (Å²) in [6, 6.07) is 0. The molecule has 0 radical (unpaired) electrons. The monoisotopic (exact) mass is 175 g/mol. The van der Waals surface area contributed by atoms with Crippen molar-refractivity contribution < 1.29 is 9.84 Å². The summed E-state index contributed by atoms with van der Waals surface area (Å²) in [5.41, 5.74) is -0.873. The first kappa shape index (κ1) is 11.9. The van der Waals surface area contributed by atoms with Crippen LogP contribution in [0.5, 0.6) is 0 Å². The largest absolute Gasteiger partial charge is 0.377 e. The van der Waals surface area contributed by atoms with Gasteiger partial charge >= 0.3 is 0 Å². The van der Waals surface area contributed by atoms with Crippen molar-refractivity contribution in [2.24, 2.45) is 0 Å². The Hall–Kier alpha value is -0.120. The molecule has 0 bridgehead atoms. The quantitative estimate of drug-likeness (QED) is 0.450. The lowest BCUT2D eigenvalue weighted by Gasteiger charge is -2.23. The molecule has 0 heterocycles. The molecule has 0 aromatic heterocycles. The van der Waals surface area contributed by atoms with Gasteiger partial charge in [-0.15, -0.1) is 0 Å². The van der Waals surface area contributed by atoms with Crippen LogP contribution in [0.25, 0.3) is 0 Å². The Morgan fingerprint density at radius 1 is 1.42 bits per heavy atom. The van der Waals surface area contributed by atoms with E-state index in [4.69, 9.17) is 4.74 Å². The van der Waals surface area contributed by atoms with Gasteiger partial charge in [0.25, 0.3) is 0 Å². The fourth-order valence-electron chi connectivity index (χ4n) is 0.949. The first-order valence-corrected chi connectivity index (χ1v) is 4.67. The van der Waals surface area contributed by atoms with Crippen LogP contribution in [-0.4, -0.2) is 30.6 Å². The van der Waals surface area contributed by atoms with E-state index in [0.717, 1.165) is 26.0 Å². The van der Waals surface area contributed by atoms with E-state index in [2.05, 4.69) is 12.2 Å². The van der Waals surface area contributed by atoms with Crippen LogP contribution in [0.3, 0.4) is 0 Å². The first-order chi connectivity index (χ1) is 5.62. The van der Waals surface area contributed by atoms with Crippen molar-refractivity contribution in [2.75, 3.05) is 19.8 Å². The fraction of sp³-hybridized carbons (Fsp3) is 1.00. The Balaban J connectivity index is 3.33. The van der Waals surface area contributed by atoms with Crippen LogP contribution in [0.1, 0.15) is 33.6 Å². The average Bonchev–Trinajstić information content (AvgIpc) is 1.98. The Bertz CT molecular complexity index is 105. The third-order valence-corrected chi connectivity index (χ3v) is 1.58. The van der Waals surface area contributed by atoms with Crippen LogP contribution in [0.4, 0.5) is 0 Å². The molecule has 0 aromatic carbocycles. The molecule has 0 aliphatic carbocycles. The molecule has 0 rings (SSSR count). The third-order valence-electron chi connectivity index (χ3n) is 1.58. The lowest BCUT2D eigenvalue weighted by molar-refractivity contribution is -0.0556. The number of ether oxygens (including phenoxy) is 1. The molecule has 0 saturated carbocycles. The lowest BCUT2D eigenvalue weighted by atomic mass is 10.3. The highest BCUT2D eigenvalue weighted by Gasteiger charge is 2.17. The van der Waals surface area contributed by atoms with E-state index < -0.39 is 5.72 Å². The van der Waals surface area contributed by atoms with Crippen molar-refractivity contribution in [2.45, 2.75) is 39.3 Å². The Morgan fingerprint density at radius 2 is 2.08 bits per heavy atom. The Kier molecular flexibility index (Phi) is 6.34. The van der Waals surface area contributed by atoms with Crippen molar-refractivity contribution in [1.82, 2.24) is 5.32 Å². The maximum Gasteiger partial charge on any atom is 0.136 e. The molecule has 0 aliphatic rings. The Labute approximate surface area is 75.1 Å². The minimum atomic E-state index is -0.873. The van der Waals surface area contributed by atoms with Crippen LogP contribution in [0.2, 0.25) is 0 Å². The number of hydrogen-bond acceptors (Lipinski definition) is 3. The van der Waals surface area contributed by atoms with Crippen molar-refractivity contribution in [3.8, 4) is 0 Å². The first-order valence-electron chi connectivity index (χ1n) is 4.67. The molecule has 3 heteroatoms. The lowest BCUT2D eigenvalue weighted by Crippen LogP contribution is -2.46. The molecule has 0 spiro atoms. The van der Waals surface area contributed by atoms with Crippen LogP contribution < -0.4 is 5.32 Å². The number of hydrogen-bond donors (Lipinski definition) is 2. The van der Waals surface area contributed by atoms with E-state index >= 15 is 0 Å². The SMILES string of the molecule is CCCCOCC(C)(O)NCC. The summed E-state index contributed by atoms with van der Waals surface area (Å²) < 4.78 is 5.28. The summed E-state index contributed by atoms with van der Waals surface area (Å²) in [6.07, 6.45) is 2.19. The molecule has 1 atom stereocenters. The highest BCUT2D eigenvalue weighted by Crippen LogP contribution is 1.99. The average molecular weight is 175 g/mol. The van der Waals surface area contributed by atoms with Gasteiger partial charge in [-0.05, 0) is 19.9 Å². The van der Waals surface area contributed by atoms with Gasteiger partial charge in [0.2, 0.25) is 0 Å². The molecule has 0 amide bonds. The summed E-state index contributed by atoms with van der Waals surface area (Å²) in [6.45, 7) is 7.65. The van der Waals surface area contributed by atoms with Gasteiger partial charge in [-0.2, -0.15) is 0 Å². The maximum absolute atomic E-state index is 9.58. The van der Waals surface area contributed by atoms with E-state index in [0.29, 0.717) is 6.61 Å². The second-order valence-corrected chi connectivity index (χ2v) is 3.21. The molecule has 3 nitrogen and oxygen atoms in total. The normalized spacial score (nSPS) is 16.0. The molecular weight excluding hydrogens is 154 g/mol. The van der Waals surface area contributed by atoms with Crippen molar-refractivity contribution in [3.63, 3.8) is 0 Å². The molecular formula is C9H21NO2. The van der Waals surface area contributed by atoms with Crippen molar-refractivity contribution in [1.29, 1.82) is 0 Å². The summed E-state index contributed by atoms with van der Waals surface area (Å²) in [4.78, 5) is 0. The predicted molar refractivity (Wildman–Crippen MR) is 50.0 cm³/mol. The van der Waals surface area contributed by atoms with E-state index in [1.54, 1.807) is 6.92 Å². The minimum Gasteiger partial charge on any atom is -0.377 e. The summed E-state index contributed by atoms with van der Waals surface area (Å²) in [7, 11) is 0. The number of likely N-dealkylation sites (N-methyl/N-ethyl adjacent to an activating group) is 1. The molecule has 0 aliphatic heterocycles. The minimum absolute atomic E-state index is 0.362. The van der Waals surface area contributed by atoms with E-state index in [9.17, 15) is 5.11 Å². The summed E-state index contributed by atoms with van der Waals surface area (Å²) in [5.74, 6) is 0. The third kappa shape index (κ3) is 6.58. The summed E-state index contributed by atoms with van der Waals surface area (Å²) >= 11 is 0. The van der Waals surface area contributed by atoms with Gasteiger partial charge < -0.3 is 9.84 Å². The standard InChI is InChI=1S/C9H21NO2/c1-4-6-7-12-8-9(3,11)10-5-2/h10-11H,4-8H2,1-3H3. The second-order valence-electron chi connectivity index (χ2n) is 3.21. The van der Waals surface area contributed by atoms with Gasteiger partial charge in [0.05, 0.1) is 6.61 Å². The second kappa shape index (κ2) is 6.40. The van der Waals surface area contributed by atoms with Crippen LogP contribution in [-0.2, 0) is 4.74 Å². The van der Waals surface area contributed by atoms with E-state index in [-0.39, 0.29) is 0 Å². The molecule has 12 heavy (non-hydrogen) atoms. The molecule has 0 aromatic rings. The van der Waals surface area contributed by atoms with E-state index in [1.165, 1.54) is 0 Å². The zero-order valence-corrected chi connectivity index (χ0v) is 8.39. The van der Waals surface area contributed by atoms with Crippen LogP contribution >= 0.6 is 0 Å².